The summed E-state index contributed by atoms with van der Waals surface area (Å²) in [6.07, 6.45) is 0. The number of para-hydroxylation sites is 2. The first-order valence-electron chi connectivity index (χ1n) is 22.9. The predicted octanol–water partition coefficient (Wildman–Crippen LogP) is 17.2. The first kappa shape index (κ1) is 37.5. The lowest BCUT2D eigenvalue weighted by Crippen LogP contribution is -2.26. The molecule has 0 aromatic heterocycles. The lowest BCUT2D eigenvalue weighted by atomic mass is 9.70. The molecule has 0 unspecified atom stereocenters. The van der Waals surface area contributed by atoms with Crippen molar-refractivity contribution in [3.05, 3.63) is 265 Å². The van der Waals surface area contributed by atoms with Gasteiger partial charge in [0, 0.05) is 22.1 Å². The second kappa shape index (κ2) is 14.6. The minimum atomic E-state index is -0.542. The molecule has 4 nitrogen and oxygen atoms in total. The third kappa shape index (κ3) is 5.41. The van der Waals surface area contributed by atoms with E-state index in [2.05, 4.69) is 252 Å². The van der Waals surface area contributed by atoms with Gasteiger partial charge in [0.25, 0.3) is 0 Å². The van der Waals surface area contributed by atoms with E-state index in [1.807, 2.05) is 0 Å². The molecule has 4 heteroatoms. The van der Waals surface area contributed by atoms with E-state index in [0.29, 0.717) is 23.0 Å². The monoisotopic (exact) mass is 856 g/mol. The minimum Gasteiger partial charge on any atom is -0.447 e. The van der Waals surface area contributed by atoms with E-state index in [9.17, 15) is 0 Å². The van der Waals surface area contributed by atoms with Crippen molar-refractivity contribution >= 4 is 55.7 Å². The van der Waals surface area contributed by atoms with Crippen LogP contribution in [0.2, 0.25) is 0 Å². The van der Waals surface area contributed by atoms with Crippen LogP contribution in [0.4, 0.5) is 34.1 Å². The van der Waals surface area contributed by atoms with E-state index in [1.165, 1.54) is 38.9 Å². The third-order valence-corrected chi connectivity index (χ3v) is 14.1. The summed E-state index contributed by atoms with van der Waals surface area (Å²) in [6.45, 7) is 0. The third-order valence-electron chi connectivity index (χ3n) is 14.1. The van der Waals surface area contributed by atoms with Crippen LogP contribution in [0, 0.1) is 0 Å². The molecular formula is C63H40N2O2. The number of benzene rings is 11. The van der Waals surface area contributed by atoms with Crippen LogP contribution in [-0.2, 0) is 5.41 Å². The molecule has 11 aromatic carbocycles. The first-order chi connectivity index (χ1) is 33.3. The number of rotatable bonds is 6. The summed E-state index contributed by atoms with van der Waals surface area (Å²) in [6, 6.07) is 86.9. The largest absolute Gasteiger partial charge is 0.447 e. The Bertz CT molecular complexity index is 3730. The molecule has 0 saturated heterocycles. The van der Waals surface area contributed by atoms with Crippen LogP contribution in [0.3, 0.4) is 0 Å². The molecule has 0 saturated carbocycles. The Hall–Kier alpha value is -8.86. The van der Waals surface area contributed by atoms with Crippen LogP contribution in [0.15, 0.2) is 243 Å². The Morgan fingerprint density at radius 1 is 0.284 bits per heavy atom. The summed E-state index contributed by atoms with van der Waals surface area (Å²) in [5.74, 6) is 2.58. The quantitative estimate of drug-likeness (QED) is 0.166. The van der Waals surface area contributed by atoms with Crippen LogP contribution in [-0.4, -0.2) is 0 Å². The average Bonchev–Trinajstić information content (AvgIpc) is 3.85. The second-order valence-electron chi connectivity index (χ2n) is 17.5. The molecule has 1 spiro atoms. The summed E-state index contributed by atoms with van der Waals surface area (Å²) < 4.78 is 15.1. The maximum absolute atomic E-state index is 7.60. The van der Waals surface area contributed by atoms with E-state index in [0.717, 1.165) is 61.2 Å². The zero-order chi connectivity index (χ0) is 44.1. The molecule has 0 bridgehead atoms. The van der Waals surface area contributed by atoms with Crippen molar-refractivity contribution < 1.29 is 9.47 Å². The number of hydrogen-bond donors (Lipinski definition) is 0. The van der Waals surface area contributed by atoms with Crippen molar-refractivity contribution in [3.63, 3.8) is 0 Å². The standard InChI is InChI=1S/C63H40N2O2/c1-3-23-43(24-4-1)64(55-35-17-21-41-19-7-9-27-45(41)55)57-37-38-58(65(44-25-5-2-6-26-44)56-36-18-22-42-20-8-10-28-46(42)56)62-61(57)66-59-39-50-49-31-13-16-34-53(49)63(54(50)40-60(59)67-62)51-32-14-11-29-47(51)48-30-12-15-33-52(48)63/h1-40H. The van der Waals surface area contributed by atoms with E-state index in [1.54, 1.807) is 0 Å². The van der Waals surface area contributed by atoms with Crippen molar-refractivity contribution in [2.75, 3.05) is 9.80 Å². The Balaban J connectivity index is 1.05. The maximum Gasteiger partial charge on any atom is 0.196 e. The van der Waals surface area contributed by atoms with Crippen molar-refractivity contribution in [1.82, 2.24) is 0 Å². The van der Waals surface area contributed by atoms with Crippen molar-refractivity contribution in [2.24, 2.45) is 0 Å². The van der Waals surface area contributed by atoms with Crippen molar-refractivity contribution in [2.45, 2.75) is 5.41 Å². The fourth-order valence-corrected chi connectivity index (χ4v) is 11.3. The zero-order valence-electron chi connectivity index (χ0n) is 36.3. The highest BCUT2D eigenvalue weighted by Crippen LogP contribution is 2.66. The summed E-state index contributed by atoms with van der Waals surface area (Å²) in [5.41, 5.74) is 15.1. The molecule has 3 aliphatic rings. The lowest BCUT2D eigenvalue weighted by Gasteiger charge is -2.35. The fraction of sp³-hybridized carbons (Fsp3) is 0.0159. The SMILES string of the molecule is c1ccc(N(c2ccc(N(c3ccccc3)c3cccc4ccccc34)c3c2Oc2cc4c(cc2O3)C2(c3ccccc3-c3ccccc32)c2ccccc2-4)c2cccc3ccccc23)cc1. The Morgan fingerprint density at radius 2 is 0.672 bits per heavy atom. The van der Waals surface area contributed by atoms with Gasteiger partial charge in [0.2, 0.25) is 0 Å². The maximum atomic E-state index is 7.60. The van der Waals surface area contributed by atoms with Crippen LogP contribution in [0.25, 0.3) is 43.8 Å². The second-order valence-corrected chi connectivity index (χ2v) is 17.5. The van der Waals surface area contributed by atoms with Crippen LogP contribution < -0.4 is 19.3 Å². The smallest absolute Gasteiger partial charge is 0.196 e. The summed E-state index contributed by atoms with van der Waals surface area (Å²) >= 11 is 0. The van der Waals surface area contributed by atoms with E-state index >= 15 is 0 Å². The first-order valence-corrected chi connectivity index (χ1v) is 22.9. The molecule has 0 amide bonds. The molecule has 0 fully saturated rings. The molecule has 314 valence electrons. The summed E-state index contributed by atoms with van der Waals surface area (Å²) in [7, 11) is 0. The molecule has 0 N–H and O–H groups in total. The molecule has 1 heterocycles. The molecule has 14 rings (SSSR count). The Kier molecular flexibility index (Phi) is 8.16. The molecule has 67 heavy (non-hydrogen) atoms. The van der Waals surface area contributed by atoms with Crippen molar-refractivity contribution in [1.29, 1.82) is 0 Å². The van der Waals surface area contributed by atoms with Gasteiger partial charge in [-0.1, -0.05) is 182 Å². The number of ether oxygens (including phenoxy) is 2. The average molecular weight is 857 g/mol. The normalized spacial score (nSPS) is 13.1. The molecule has 1 aliphatic heterocycles. The van der Waals surface area contributed by atoms with E-state index in [4.69, 9.17) is 9.47 Å². The molecule has 2 aliphatic carbocycles. The van der Waals surface area contributed by atoms with Gasteiger partial charge in [-0.2, -0.15) is 0 Å². The van der Waals surface area contributed by atoms with Gasteiger partial charge in [0.05, 0.1) is 28.2 Å². The highest BCUT2D eigenvalue weighted by atomic mass is 16.6. The number of anilines is 6. The van der Waals surface area contributed by atoms with Crippen LogP contribution in [0.5, 0.6) is 23.0 Å². The molecular weight excluding hydrogens is 817 g/mol. The minimum absolute atomic E-state index is 0.542. The van der Waals surface area contributed by atoms with Gasteiger partial charge >= 0.3 is 0 Å². The lowest BCUT2D eigenvalue weighted by molar-refractivity contribution is 0.361. The van der Waals surface area contributed by atoms with Crippen LogP contribution in [0.1, 0.15) is 22.3 Å². The van der Waals surface area contributed by atoms with Gasteiger partial charge < -0.3 is 19.3 Å². The zero-order valence-corrected chi connectivity index (χ0v) is 36.3. The molecule has 11 aromatic rings. The van der Waals surface area contributed by atoms with E-state index < -0.39 is 5.41 Å². The van der Waals surface area contributed by atoms with Gasteiger partial charge in [0.15, 0.2) is 23.0 Å². The van der Waals surface area contributed by atoms with Gasteiger partial charge in [-0.05, 0) is 116 Å². The highest BCUT2D eigenvalue weighted by Gasteiger charge is 2.52. The fourth-order valence-electron chi connectivity index (χ4n) is 11.3. The predicted molar refractivity (Wildman–Crippen MR) is 274 cm³/mol. The molecule has 0 atom stereocenters. The Morgan fingerprint density at radius 3 is 1.16 bits per heavy atom. The van der Waals surface area contributed by atoms with Crippen molar-refractivity contribution in [3.8, 4) is 45.3 Å². The number of nitrogens with zero attached hydrogens (tertiary/aromatic N) is 2. The van der Waals surface area contributed by atoms with Gasteiger partial charge in [-0.15, -0.1) is 0 Å². The van der Waals surface area contributed by atoms with Crippen LogP contribution >= 0.6 is 0 Å². The van der Waals surface area contributed by atoms with Gasteiger partial charge in [-0.25, -0.2) is 0 Å². The van der Waals surface area contributed by atoms with Gasteiger partial charge in [-0.3, -0.25) is 0 Å². The summed E-state index contributed by atoms with van der Waals surface area (Å²) in [5, 5.41) is 4.56. The Labute approximate surface area is 388 Å². The molecule has 0 radical (unpaired) electrons. The summed E-state index contributed by atoms with van der Waals surface area (Å²) in [4.78, 5) is 4.63. The van der Waals surface area contributed by atoms with E-state index in [-0.39, 0.29) is 0 Å². The highest BCUT2D eigenvalue weighted by molar-refractivity contribution is 6.04. The topological polar surface area (TPSA) is 24.9 Å². The number of hydrogen-bond acceptors (Lipinski definition) is 4. The number of fused-ring (bicyclic) bond motifs is 14. The van der Waals surface area contributed by atoms with Gasteiger partial charge in [0.1, 0.15) is 0 Å².